The summed E-state index contributed by atoms with van der Waals surface area (Å²) in [4.78, 5) is 0. The van der Waals surface area contributed by atoms with Gasteiger partial charge in [-0.15, -0.1) is 0 Å². The Bertz CT molecular complexity index is 83.5. The van der Waals surface area contributed by atoms with Gasteiger partial charge in [0.1, 0.15) is 0 Å². The second kappa shape index (κ2) is 10.7. The third-order valence-corrected chi connectivity index (χ3v) is 2.54. The van der Waals surface area contributed by atoms with Gasteiger partial charge in [-0.25, -0.2) is 0 Å². The van der Waals surface area contributed by atoms with Crippen LogP contribution in [0.3, 0.4) is 0 Å². The Hall–Kier alpha value is 1.63. The minimum atomic E-state index is -1.57. The molecule has 12 heavy (non-hydrogen) atoms. The fourth-order valence-electron chi connectivity index (χ4n) is 0.639. The molecule has 0 radical (unpaired) electrons. The molecule has 0 amide bonds. The van der Waals surface area contributed by atoms with Crippen LogP contribution in [0.25, 0.3) is 0 Å². The first-order chi connectivity index (χ1) is 4.52. The molecule has 5 heteroatoms. The molecule has 2 nitrogen and oxygen atoms in total. The summed E-state index contributed by atoms with van der Waals surface area (Å²) in [5, 5.41) is 0. The average molecular weight is 313 g/mol. The quantitative estimate of drug-likeness (QED) is 0.341. The molecule has 0 N–H and O–H groups in total. The van der Waals surface area contributed by atoms with Crippen LogP contribution >= 0.6 is 0 Å². The van der Waals surface area contributed by atoms with Crippen molar-refractivity contribution in [3.63, 3.8) is 0 Å². The largest absolute Gasteiger partial charge is 2.00 e. The third kappa shape index (κ3) is 14.2. The molecular formula is C7H17IMgO2Si. The van der Waals surface area contributed by atoms with E-state index in [1.165, 1.54) is 0 Å². The van der Waals surface area contributed by atoms with Crippen LogP contribution in [0.2, 0.25) is 0 Å². The molecule has 0 aliphatic heterocycles. The standard InChI is InChI=1S/C7H17O2Si.HI.Mg/c1-6(2)8-10(5)9-7(3)4;;/h6-7,10H,5H2,1-4H3;1H;/q-1;;+2/p-1. The van der Waals surface area contributed by atoms with Gasteiger partial charge >= 0.3 is 23.1 Å². The molecule has 0 fully saturated rings. The van der Waals surface area contributed by atoms with E-state index in [1.54, 1.807) is 0 Å². The number of hydrogen-bond acceptors (Lipinski definition) is 2. The van der Waals surface area contributed by atoms with Gasteiger partial charge < -0.3 is 32.8 Å². The molecule has 0 rings (SSSR count). The Morgan fingerprint density at radius 3 is 1.42 bits per heavy atom. The number of rotatable bonds is 4. The molecule has 0 saturated heterocycles. The Labute approximate surface area is 111 Å². The molecule has 0 aromatic carbocycles. The van der Waals surface area contributed by atoms with E-state index in [2.05, 4.69) is 6.55 Å². The molecule has 0 saturated carbocycles. The van der Waals surface area contributed by atoms with Crippen LogP contribution in [0.1, 0.15) is 27.7 Å². The average Bonchev–Trinajstić information content (AvgIpc) is 1.58. The van der Waals surface area contributed by atoms with Crippen molar-refractivity contribution in [1.29, 1.82) is 0 Å². The van der Waals surface area contributed by atoms with Gasteiger partial charge in [0.15, 0.2) is 9.28 Å². The summed E-state index contributed by atoms with van der Waals surface area (Å²) >= 11 is 0. The van der Waals surface area contributed by atoms with Gasteiger partial charge in [-0.1, -0.05) is 0 Å². The maximum atomic E-state index is 5.37. The predicted molar refractivity (Wildman–Crippen MR) is 50.7 cm³/mol. The molecule has 70 valence electrons. The van der Waals surface area contributed by atoms with Crippen molar-refractivity contribution in [2.24, 2.45) is 0 Å². The van der Waals surface area contributed by atoms with Crippen molar-refractivity contribution in [1.82, 2.24) is 0 Å². The van der Waals surface area contributed by atoms with E-state index in [0.717, 1.165) is 0 Å². The van der Waals surface area contributed by atoms with Gasteiger partial charge in [-0.3, -0.25) is 6.55 Å². The first-order valence-corrected chi connectivity index (χ1v) is 5.42. The molecule has 0 bridgehead atoms. The zero-order chi connectivity index (χ0) is 8.15. The van der Waals surface area contributed by atoms with Gasteiger partial charge in [0.2, 0.25) is 0 Å². The van der Waals surface area contributed by atoms with E-state index in [9.17, 15) is 0 Å². The van der Waals surface area contributed by atoms with Crippen LogP contribution in [0, 0.1) is 6.55 Å². The minimum Gasteiger partial charge on any atom is -1.00 e. The molecule has 0 aliphatic rings. The van der Waals surface area contributed by atoms with Gasteiger partial charge in [-0.2, -0.15) is 0 Å². The van der Waals surface area contributed by atoms with E-state index in [4.69, 9.17) is 8.85 Å². The Balaban J connectivity index is -0.000000405. The smallest absolute Gasteiger partial charge is 1.00 e. The van der Waals surface area contributed by atoms with Crippen LogP contribution in [0.4, 0.5) is 0 Å². The summed E-state index contributed by atoms with van der Waals surface area (Å²) in [5.41, 5.74) is 0. The van der Waals surface area contributed by atoms with Gasteiger partial charge in [-0.05, 0) is 27.7 Å². The van der Waals surface area contributed by atoms with Crippen LogP contribution in [0.5, 0.6) is 0 Å². The van der Waals surface area contributed by atoms with Gasteiger partial charge in [0.05, 0.1) is 0 Å². The molecule has 0 aromatic rings. The third-order valence-electron chi connectivity index (χ3n) is 0.848. The second-order valence-corrected chi connectivity index (χ2v) is 4.20. The van der Waals surface area contributed by atoms with E-state index in [1.807, 2.05) is 27.7 Å². The second-order valence-electron chi connectivity index (χ2n) is 2.80. The summed E-state index contributed by atoms with van der Waals surface area (Å²) in [5.74, 6) is 0. The predicted octanol–water partition coefficient (Wildman–Crippen LogP) is -1.95. The van der Waals surface area contributed by atoms with E-state index >= 15 is 0 Å². The van der Waals surface area contributed by atoms with Crippen LogP contribution in [-0.4, -0.2) is 44.5 Å². The maximum Gasteiger partial charge on any atom is 2.00 e. The Kier molecular flexibility index (Phi) is 17.2. The molecule has 0 aliphatic carbocycles. The molecule has 0 atom stereocenters. The van der Waals surface area contributed by atoms with Crippen LogP contribution in [0.15, 0.2) is 0 Å². The topological polar surface area (TPSA) is 18.5 Å². The fraction of sp³-hybridized carbons (Fsp3) is 0.857. The normalized spacial score (nSPS) is 10.0. The maximum absolute atomic E-state index is 5.37. The van der Waals surface area contributed by atoms with Gasteiger partial charge in [0, 0.05) is 12.2 Å². The van der Waals surface area contributed by atoms with Crippen LogP contribution < -0.4 is 24.0 Å². The van der Waals surface area contributed by atoms with E-state index < -0.39 is 9.28 Å². The monoisotopic (exact) mass is 312 g/mol. The number of halogens is 1. The number of hydrogen-bond donors (Lipinski definition) is 0. The fourth-order valence-corrected chi connectivity index (χ4v) is 1.92. The summed E-state index contributed by atoms with van der Waals surface area (Å²) in [7, 11) is -1.57. The van der Waals surface area contributed by atoms with E-state index in [-0.39, 0.29) is 59.2 Å². The Morgan fingerprint density at radius 2 is 1.25 bits per heavy atom. The SMILES string of the molecule is [CH2-][SiH](OC(C)C)OC(C)C.[I-].[Mg+2]. The summed E-state index contributed by atoms with van der Waals surface area (Å²) in [6, 6.07) is 0. The minimum absolute atomic E-state index is 0. The molecule has 0 heterocycles. The van der Waals surface area contributed by atoms with Crippen molar-refractivity contribution in [3.05, 3.63) is 6.55 Å². The molecule has 0 unspecified atom stereocenters. The van der Waals surface area contributed by atoms with Crippen molar-refractivity contribution < 1.29 is 32.8 Å². The van der Waals surface area contributed by atoms with Crippen LogP contribution in [-0.2, 0) is 8.85 Å². The zero-order valence-electron chi connectivity index (χ0n) is 8.34. The van der Waals surface area contributed by atoms with E-state index in [0.29, 0.717) is 0 Å². The molecular weight excluding hydrogens is 295 g/mol. The Morgan fingerprint density at radius 1 is 1.00 bits per heavy atom. The summed E-state index contributed by atoms with van der Waals surface area (Å²) in [6.07, 6.45) is 0.487. The summed E-state index contributed by atoms with van der Waals surface area (Å²) < 4.78 is 10.7. The van der Waals surface area contributed by atoms with Crippen molar-refractivity contribution in [2.45, 2.75) is 39.9 Å². The van der Waals surface area contributed by atoms with Crippen molar-refractivity contribution >= 4 is 32.3 Å². The molecule has 0 aromatic heterocycles. The molecule has 0 spiro atoms. The first kappa shape index (κ1) is 19.2. The van der Waals surface area contributed by atoms with Gasteiger partial charge in [0.25, 0.3) is 0 Å². The zero-order valence-corrected chi connectivity index (χ0v) is 13.1. The van der Waals surface area contributed by atoms with Crippen molar-refractivity contribution in [3.8, 4) is 0 Å². The van der Waals surface area contributed by atoms with Crippen molar-refractivity contribution in [2.75, 3.05) is 0 Å². The summed E-state index contributed by atoms with van der Waals surface area (Å²) in [6.45, 7) is 11.8. The first-order valence-electron chi connectivity index (χ1n) is 3.66.